The highest BCUT2D eigenvalue weighted by Crippen LogP contribution is 2.14. The summed E-state index contributed by atoms with van der Waals surface area (Å²) in [5.41, 5.74) is 2.02. The van der Waals surface area contributed by atoms with Crippen LogP contribution in [-0.4, -0.2) is 32.8 Å². The summed E-state index contributed by atoms with van der Waals surface area (Å²) in [6, 6.07) is 9.05. The molecule has 1 amide bonds. The summed E-state index contributed by atoms with van der Waals surface area (Å²) in [6.45, 7) is 3.46. The standard InChI is InChI=1S/C15H17N3O3/c1-10(8-14(19)20)17-15(21)13-9-16-18(11(13)2)12-6-4-3-5-7-12/h3-7,9-10H,8H2,1-2H3,(H,17,21)(H,19,20). The van der Waals surface area contributed by atoms with E-state index in [1.165, 1.54) is 6.20 Å². The predicted octanol–water partition coefficient (Wildman–Crippen LogP) is 1.77. The minimum atomic E-state index is -0.945. The number of benzene rings is 1. The van der Waals surface area contributed by atoms with Crippen LogP contribution in [0.1, 0.15) is 29.4 Å². The number of carbonyl (C=O) groups excluding carboxylic acids is 1. The Kier molecular flexibility index (Phi) is 4.37. The number of nitrogens with zero attached hydrogens (tertiary/aromatic N) is 2. The maximum atomic E-state index is 12.1. The van der Waals surface area contributed by atoms with Crippen LogP contribution in [0.25, 0.3) is 5.69 Å². The molecule has 0 saturated heterocycles. The van der Waals surface area contributed by atoms with Gasteiger partial charge < -0.3 is 10.4 Å². The van der Waals surface area contributed by atoms with Crippen molar-refractivity contribution in [1.29, 1.82) is 0 Å². The Labute approximate surface area is 122 Å². The summed E-state index contributed by atoms with van der Waals surface area (Å²) in [6.07, 6.45) is 1.38. The van der Waals surface area contributed by atoms with Crippen molar-refractivity contribution < 1.29 is 14.7 Å². The van der Waals surface area contributed by atoms with Gasteiger partial charge in [0.1, 0.15) is 0 Å². The zero-order chi connectivity index (χ0) is 15.4. The number of aromatic nitrogens is 2. The van der Waals surface area contributed by atoms with Gasteiger partial charge in [0.25, 0.3) is 5.91 Å². The molecule has 0 fully saturated rings. The first-order valence-electron chi connectivity index (χ1n) is 6.61. The quantitative estimate of drug-likeness (QED) is 0.877. The molecule has 1 heterocycles. The zero-order valence-electron chi connectivity index (χ0n) is 11.9. The van der Waals surface area contributed by atoms with Crippen LogP contribution < -0.4 is 5.32 Å². The summed E-state index contributed by atoms with van der Waals surface area (Å²) >= 11 is 0. The molecule has 1 unspecified atom stereocenters. The van der Waals surface area contributed by atoms with E-state index in [-0.39, 0.29) is 12.3 Å². The van der Waals surface area contributed by atoms with Crippen LogP contribution in [0.4, 0.5) is 0 Å². The number of para-hydroxylation sites is 1. The van der Waals surface area contributed by atoms with Crippen molar-refractivity contribution >= 4 is 11.9 Å². The van der Waals surface area contributed by atoms with Gasteiger partial charge in [0.05, 0.1) is 29.6 Å². The summed E-state index contributed by atoms with van der Waals surface area (Å²) in [4.78, 5) is 22.8. The molecule has 0 aliphatic heterocycles. The number of hydrogen-bond donors (Lipinski definition) is 2. The highest BCUT2D eigenvalue weighted by Gasteiger charge is 2.17. The number of carboxylic acids is 1. The molecule has 1 aromatic carbocycles. The van der Waals surface area contributed by atoms with Crippen LogP contribution in [0, 0.1) is 6.92 Å². The summed E-state index contributed by atoms with van der Waals surface area (Å²) in [5.74, 6) is -1.26. The number of amides is 1. The minimum absolute atomic E-state index is 0.113. The summed E-state index contributed by atoms with van der Waals surface area (Å²) in [5, 5.41) is 15.6. The van der Waals surface area contributed by atoms with Gasteiger partial charge >= 0.3 is 5.97 Å². The van der Waals surface area contributed by atoms with Crippen LogP contribution >= 0.6 is 0 Å². The first-order chi connectivity index (χ1) is 9.99. The third-order valence-corrected chi connectivity index (χ3v) is 3.11. The molecular formula is C15H17N3O3. The van der Waals surface area contributed by atoms with Gasteiger partial charge in [0.15, 0.2) is 0 Å². The van der Waals surface area contributed by atoms with Gasteiger partial charge in [-0.15, -0.1) is 0 Å². The van der Waals surface area contributed by atoms with E-state index in [1.807, 2.05) is 30.3 Å². The van der Waals surface area contributed by atoms with E-state index >= 15 is 0 Å². The number of carbonyl (C=O) groups is 2. The van der Waals surface area contributed by atoms with E-state index in [9.17, 15) is 9.59 Å². The lowest BCUT2D eigenvalue weighted by molar-refractivity contribution is -0.137. The van der Waals surface area contributed by atoms with Gasteiger partial charge in [-0.2, -0.15) is 5.10 Å². The van der Waals surface area contributed by atoms with Crippen LogP contribution in [0.5, 0.6) is 0 Å². The van der Waals surface area contributed by atoms with Crippen molar-refractivity contribution in [1.82, 2.24) is 15.1 Å². The van der Waals surface area contributed by atoms with Crippen molar-refractivity contribution in [3.8, 4) is 5.69 Å². The molecule has 2 aromatic rings. The van der Waals surface area contributed by atoms with E-state index in [0.29, 0.717) is 11.3 Å². The fourth-order valence-electron chi connectivity index (χ4n) is 2.08. The Morgan fingerprint density at radius 2 is 2.00 bits per heavy atom. The molecule has 2 rings (SSSR count). The minimum Gasteiger partial charge on any atom is -0.481 e. The summed E-state index contributed by atoms with van der Waals surface area (Å²) in [7, 11) is 0. The number of aliphatic carboxylic acids is 1. The molecule has 2 N–H and O–H groups in total. The predicted molar refractivity (Wildman–Crippen MR) is 77.5 cm³/mol. The third kappa shape index (κ3) is 3.47. The monoisotopic (exact) mass is 287 g/mol. The lowest BCUT2D eigenvalue weighted by atomic mass is 10.2. The molecule has 110 valence electrons. The molecule has 6 nitrogen and oxygen atoms in total. The van der Waals surface area contributed by atoms with Crippen molar-refractivity contribution in [2.45, 2.75) is 26.3 Å². The number of nitrogens with one attached hydrogen (secondary N) is 1. The fraction of sp³-hybridized carbons (Fsp3) is 0.267. The Morgan fingerprint density at radius 3 is 2.62 bits per heavy atom. The van der Waals surface area contributed by atoms with Gasteiger partial charge in [0.2, 0.25) is 0 Å². The lowest BCUT2D eigenvalue weighted by Crippen LogP contribution is -2.34. The smallest absolute Gasteiger partial charge is 0.305 e. The number of carboxylic acid groups (broad SMARTS) is 1. The Morgan fingerprint density at radius 1 is 1.33 bits per heavy atom. The van der Waals surface area contributed by atoms with Crippen molar-refractivity contribution in [2.24, 2.45) is 0 Å². The maximum absolute atomic E-state index is 12.1. The average Bonchev–Trinajstić information content (AvgIpc) is 2.80. The molecule has 0 aliphatic rings. The van der Waals surface area contributed by atoms with Gasteiger partial charge in [-0.25, -0.2) is 4.68 Å². The molecule has 21 heavy (non-hydrogen) atoms. The molecule has 6 heteroatoms. The SMILES string of the molecule is Cc1c(C(=O)NC(C)CC(=O)O)cnn1-c1ccccc1. The summed E-state index contributed by atoms with van der Waals surface area (Å²) < 4.78 is 1.68. The van der Waals surface area contributed by atoms with Crippen LogP contribution in [-0.2, 0) is 4.79 Å². The largest absolute Gasteiger partial charge is 0.481 e. The van der Waals surface area contributed by atoms with E-state index in [1.54, 1.807) is 18.5 Å². The number of rotatable bonds is 5. The second-order valence-electron chi connectivity index (χ2n) is 4.86. The third-order valence-electron chi connectivity index (χ3n) is 3.11. The molecule has 0 bridgehead atoms. The van der Waals surface area contributed by atoms with E-state index < -0.39 is 12.0 Å². The molecular weight excluding hydrogens is 270 g/mol. The van der Waals surface area contributed by atoms with Crippen LogP contribution in [0.2, 0.25) is 0 Å². The van der Waals surface area contributed by atoms with Crippen molar-refractivity contribution in [3.63, 3.8) is 0 Å². The normalized spacial score (nSPS) is 11.9. The van der Waals surface area contributed by atoms with Gasteiger partial charge in [-0.3, -0.25) is 9.59 Å². The van der Waals surface area contributed by atoms with Crippen molar-refractivity contribution in [3.05, 3.63) is 47.8 Å². The number of hydrogen-bond acceptors (Lipinski definition) is 3. The van der Waals surface area contributed by atoms with Crippen molar-refractivity contribution in [2.75, 3.05) is 0 Å². The highest BCUT2D eigenvalue weighted by atomic mass is 16.4. The Bertz CT molecular complexity index is 649. The maximum Gasteiger partial charge on any atom is 0.305 e. The first-order valence-corrected chi connectivity index (χ1v) is 6.61. The fourth-order valence-corrected chi connectivity index (χ4v) is 2.08. The molecule has 0 radical (unpaired) electrons. The van der Waals surface area contributed by atoms with E-state index in [4.69, 9.17) is 5.11 Å². The van der Waals surface area contributed by atoms with Crippen LogP contribution in [0.15, 0.2) is 36.5 Å². The molecule has 1 aromatic heterocycles. The Hall–Kier alpha value is -2.63. The first kappa shape index (κ1) is 14.8. The zero-order valence-corrected chi connectivity index (χ0v) is 11.9. The molecule has 1 atom stereocenters. The van der Waals surface area contributed by atoms with E-state index in [0.717, 1.165) is 5.69 Å². The second-order valence-corrected chi connectivity index (χ2v) is 4.86. The van der Waals surface area contributed by atoms with Gasteiger partial charge in [0, 0.05) is 6.04 Å². The molecule has 0 saturated carbocycles. The van der Waals surface area contributed by atoms with Gasteiger partial charge in [-0.05, 0) is 26.0 Å². The topological polar surface area (TPSA) is 84.2 Å². The average molecular weight is 287 g/mol. The molecule has 0 aliphatic carbocycles. The lowest BCUT2D eigenvalue weighted by Gasteiger charge is -2.11. The highest BCUT2D eigenvalue weighted by molar-refractivity contribution is 5.95. The Balaban J connectivity index is 2.17. The van der Waals surface area contributed by atoms with Crippen LogP contribution in [0.3, 0.4) is 0 Å². The van der Waals surface area contributed by atoms with E-state index in [2.05, 4.69) is 10.4 Å². The second kappa shape index (κ2) is 6.21. The van der Waals surface area contributed by atoms with Gasteiger partial charge in [-0.1, -0.05) is 18.2 Å². The molecule has 0 spiro atoms.